The van der Waals surface area contributed by atoms with Crippen molar-refractivity contribution in [2.24, 2.45) is 5.92 Å². The highest BCUT2D eigenvalue weighted by Gasteiger charge is 2.43. The maximum atomic E-state index is 13.6. The molecule has 174 valence electrons. The highest BCUT2D eigenvalue weighted by atomic mass is 16.5. The Morgan fingerprint density at radius 3 is 2.59 bits per heavy atom. The normalized spacial score (nSPS) is 15.2. The molecule has 1 amide bonds. The number of nitrogens with zero attached hydrogens (tertiary/aromatic N) is 1. The number of para-hydroxylation sites is 1. The Morgan fingerprint density at radius 2 is 1.85 bits per heavy atom. The Kier molecular flexibility index (Phi) is 5.61. The first-order valence-electron chi connectivity index (χ1n) is 11.2. The fourth-order valence-corrected chi connectivity index (χ4v) is 4.28. The molecule has 7 nitrogen and oxygen atoms in total. The zero-order valence-corrected chi connectivity index (χ0v) is 19.2. The summed E-state index contributed by atoms with van der Waals surface area (Å²) in [5, 5.41) is 0.433. The molecule has 0 bridgehead atoms. The summed E-state index contributed by atoms with van der Waals surface area (Å²) in [6, 6.07) is 15.3. The molecule has 5 rings (SSSR count). The van der Waals surface area contributed by atoms with Crippen molar-refractivity contribution in [1.29, 1.82) is 0 Å². The summed E-state index contributed by atoms with van der Waals surface area (Å²) < 4.78 is 22.9. The van der Waals surface area contributed by atoms with Crippen LogP contribution in [0.1, 0.15) is 47.3 Å². The van der Waals surface area contributed by atoms with Crippen molar-refractivity contribution in [1.82, 2.24) is 4.90 Å². The third kappa shape index (κ3) is 3.73. The van der Waals surface area contributed by atoms with Gasteiger partial charge in [-0.3, -0.25) is 9.59 Å². The number of hydrogen-bond acceptors (Lipinski definition) is 6. The molecular weight excluding hydrogens is 434 g/mol. The predicted octanol–water partition coefficient (Wildman–Crippen LogP) is 5.17. The Bertz CT molecular complexity index is 1400. The van der Waals surface area contributed by atoms with Crippen LogP contribution in [0, 0.1) is 5.92 Å². The average Bonchev–Trinajstić information content (AvgIpc) is 3.45. The van der Waals surface area contributed by atoms with E-state index in [2.05, 4.69) is 13.8 Å². The minimum absolute atomic E-state index is 0.0550. The number of rotatable bonds is 7. The quantitative estimate of drug-likeness (QED) is 0.379. The van der Waals surface area contributed by atoms with Gasteiger partial charge in [0.2, 0.25) is 5.76 Å². The molecule has 34 heavy (non-hydrogen) atoms. The SMILES string of the molecule is COc1cc([C@H]2c3c(oc4ccccc4c3=O)C(=O)N2Cc2ccco2)ccc1OCC(C)C. The van der Waals surface area contributed by atoms with Gasteiger partial charge in [0, 0.05) is 0 Å². The van der Waals surface area contributed by atoms with E-state index in [0.717, 1.165) is 5.56 Å². The maximum Gasteiger partial charge on any atom is 0.291 e. The van der Waals surface area contributed by atoms with E-state index < -0.39 is 6.04 Å². The lowest BCUT2D eigenvalue weighted by atomic mass is 9.98. The molecule has 7 heteroatoms. The monoisotopic (exact) mass is 459 g/mol. The summed E-state index contributed by atoms with van der Waals surface area (Å²) in [5.41, 5.74) is 1.19. The van der Waals surface area contributed by atoms with Crippen molar-refractivity contribution >= 4 is 16.9 Å². The topological polar surface area (TPSA) is 82.1 Å². The van der Waals surface area contributed by atoms with Gasteiger partial charge in [-0.1, -0.05) is 32.0 Å². The molecule has 1 aliphatic rings. The number of furan rings is 1. The first kappa shape index (κ1) is 21.8. The lowest BCUT2D eigenvalue weighted by molar-refractivity contribution is 0.0701. The van der Waals surface area contributed by atoms with E-state index >= 15 is 0 Å². The van der Waals surface area contributed by atoms with Crippen LogP contribution in [0.4, 0.5) is 0 Å². The van der Waals surface area contributed by atoms with E-state index in [4.69, 9.17) is 18.3 Å². The van der Waals surface area contributed by atoms with Crippen LogP contribution in [0.15, 0.2) is 74.5 Å². The minimum Gasteiger partial charge on any atom is -0.493 e. The zero-order chi connectivity index (χ0) is 23.8. The van der Waals surface area contributed by atoms with Crippen LogP contribution in [-0.2, 0) is 6.54 Å². The summed E-state index contributed by atoms with van der Waals surface area (Å²) in [7, 11) is 1.57. The van der Waals surface area contributed by atoms with Crippen molar-refractivity contribution in [2.75, 3.05) is 13.7 Å². The molecule has 0 unspecified atom stereocenters. The maximum absolute atomic E-state index is 13.6. The van der Waals surface area contributed by atoms with Gasteiger partial charge in [0.15, 0.2) is 16.9 Å². The Morgan fingerprint density at radius 1 is 1.03 bits per heavy atom. The zero-order valence-electron chi connectivity index (χ0n) is 19.2. The standard InChI is InChI=1S/C27H25NO6/c1-16(2)15-33-21-11-10-17(13-22(21)31-3)24-23-25(29)19-8-4-5-9-20(19)34-26(23)27(30)28(24)14-18-7-6-12-32-18/h4-13,16,24H,14-15H2,1-3H3/t24-/m0/s1. The average molecular weight is 459 g/mol. The number of amides is 1. The van der Waals surface area contributed by atoms with Crippen molar-refractivity contribution in [3.05, 3.63) is 93.7 Å². The van der Waals surface area contributed by atoms with Crippen LogP contribution >= 0.6 is 0 Å². The number of methoxy groups -OCH3 is 1. The number of hydrogen-bond donors (Lipinski definition) is 0. The highest BCUT2D eigenvalue weighted by Crippen LogP contribution is 2.41. The van der Waals surface area contributed by atoms with Crippen LogP contribution in [0.25, 0.3) is 11.0 Å². The van der Waals surface area contributed by atoms with E-state index in [1.165, 1.54) is 0 Å². The third-order valence-electron chi connectivity index (χ3n) is 5.86. The van der Waals surface area contributed by atoms with Crippen LogP contribution < -0.4 is 14.9 Å². The predicted molar refractivity (Wildman–Crippen MR) is 126 cm³/mol. The summed E-state index contributed by atoms with van der Waals surface area (Å²) in [6.45, 7) is 4.86. The van der Waals surface area contributed by atoms with Gasteiger partial charge in [-0.15, -0.1) is 0 Å². The Labute approximate surface area is 196 Å². The molecular formula is C27H25NO6. The summed E-state index contributed by atoms with van der Waals surface area (Å²) in [5.74, 6) is 1.78. The van der Waals surface area contributed by atoms with Gasteiger partial charge < -0.3 is 23.2 Å². The van der Waals surface area contributed by atoms with Gasteiger partial charge in [0.1, 0.15) is 11.3 Å². The number of carbonyl (C=O) groups is 1. The molecule has 0 fully saturated rings. The summed E-state index contributed by atoms with van der Waals surface area (Å²) in [4.78, 5) is 28.7. The van der Waals surface area contributed by atoms with Gasteiger partial charge in [-0.25, -0.2) is 0 Å². The molecule has 3 heterocycles. The van der Waals surface area contributed by atoms with E-state index in [0.29, 0.717) is 46.3 Å². The second-order valence-electron chi connectivity index (χ2n) is 8.70. The Balaban J connectivity index is 1.66. The lowest BCUT2D eigenvalue weighted by Crippen LogP contribution is -2.29. The molecule has 0 saturated carbocycles. The van der Waals surface area contributed by atoms with Crippen LogP contribution in [-0.4, -0.2) is 24.5 Å². The number of carbonyl (C=O) groups excluding carboxylic acids is 1. The van der Waals surface area contributed by atoms with E-state index in [-0.39, 0.29) is 23.6 Å². The molecule has 4 aromatic rings. The summed E-state index contributed by atoms with van der Waals surface area (Å²) >= 11 is 0. The van der Waals surface area contributed by atoms with Crippen molar-refractivity contribution in [3.63, 3.8) is 0 Å². The van der Waals surface area contributed by atoms with Gasteiger partial charge >= 0.3 is 0 Å². The van der Waals surface area contributed by atoms with E-state index in [1.807, 2.05) is 18.2 Å². The smallest absolute Gasteiger partial charge is 0.291 e. The molecule has 2 aromatic carbocycles. The first-order valence-corrected chi connectivity index (χ1v) is 11.2. The fourth-order valence-electron chi connectivity index (χ4n) is 4.28. The molecule has 0 spiro atoms. The van der Waals surface area contributed by atoms with Gasteiger partial charge in [-0.2, -0.15) is 0 Å². The summed E-state index contributed by atoms with van der Waals surface area (Å²) in [6.07, 6.45) is 1.56. The van der Waals surface area contributed by atoms with Crippen molar-refractivity contribution < 1.29 is 23.1 Å². The van der Waals surface area contributed by atoms with Crippen LogP contribution in [0.5, 0.6) is 11.5 Å². The Hall–Kier alpha value is -4.00. The third-order valence-corrected chi connectivity index (χ3v) is 5.86. The molecule has 1 aliphatic heterocycles. The largest absolute Gasteiger partial charge is 0.493 e. The molecule has 2 aromatic heterocycles. The van der Waals surface area contributed by atoms with Gasteiger partial charge in [0.05, 0.1) is 43.5 Å². The van der Waals surface area contributed by atoms with Crippen molar-refractivity contribution in [2.45, 2.75) is 26.4 Å². The lowest BCUT2D eigenvalue weighted by Gasteiger charge is -2.25. The second kappa shape index (κ2) is 8.74. The van der Waals surface area contributed by atoms with E-state index in [1.54, 1.807) is 54.7 Å². The first-order chi connectivity index (χ1) is 16.5. The molecule has 0 aliphatic carbocycles. The number of fused-ring (bicyclic) bond motifs is 2. The minimum atomic E-state index is -0.665. The van der Waals surface area contributed by atoms with E-state index in [9.17, 15) is 9.59 Å². The van der Waals surface area contributed by atoms with Crippen molar-refractivity contribution in [3.8, 4) is 11.5 Å². The fraction of sp³-hybridized carbons (Fsp3) is 0.259. The second-order valence-corrected chi connectivity index (χ2v) is 8.70. The number of benzene rings is 2. The van der Waals surface area contributed by atoms with Crippen LogP contribution in [0.2, 0.25) is 0 Å². The van der Waals surface area contributed by atoms with Gasteiger partial charge in [0.25, 0.3) is 5.91 Å². The molecule has 0 radical (unpaired) electrons. The van der Waals surface area contributed by atoms with Crippen LogP contribution in [0.3, 0.4) is 0 Å². The molecule has 0 saturated heterocycles. The van der Waals surface area contributed by atoms with Gasteiger partial charge in [-0.05, 0) is 47.9 Å². The molecule has 1 atom stereocenters. The highest BCUT2D eigenvalue weighted by molar-refractivity contribution is 5.99. The number of ether oxygens (including phenoxy) is 2. The molecule has 0 N–H and O–H groups in total.